The summed E-state index contributed by atoms with van der Waals surface area (Å²) in [6.07, 6.45) is 0.390. The fourth-order valence-corrected chi connectivity index (χ4v) is 4.04. The van der Waals surface area contributed by atoms with Crippen molar-refractivity contribution in [3.05, 3.63) is 82.9 Å². The lowest BCUT2D eigenvalue weighted by Gasteiger charge is -2.24. The molecule has 0 saturated carbocycles. The van der Waals surface area contributed by atoms with Crippen LogP contribution in [0.5, 0.6) is 0 Å². The highest BCUT2D eigenvalue weighted by molar-refractivity contribution is 6.30. The number of nitrogens with one attached hydrogen (secondary N) is 2. The van der Waals surface area contributed by atoms with Crippen LogP contribution in [0.25, 0.3) is 22.0 Å². The van der Waals surface area contributed by atoms with Gasteiger partial charge in [0.15, 0.2) is 5.82 Å². The van der Waals surface area contributed by atoms with Crippen molar-refractivity contribution in [3.63, 3.8) is 0 Å². The zero-order chi connectivity index (χ0) is 18.4. The molecular formula is C22H16ClN3O. The lowest BCUT2D eigenvalue weighted by molar-refractivity contribution is -0.116. The van der Waals surface area contributed by atoms with Crippen molar-refractivity contribution in [2.24, 2.45) is 0 Å². The van der Waals surface area contributed by atoms with Gasteiger partial charge in [-0.25, -0.2) is 0 Å². The van der Waals surface area contributed by atoms with Crippen molar-refractivity contribution in [3.8, 4) is 11.3 Å². The quantitative estimate of drug-likeness (QED) is 0.497. The Morgan fingerprint density at radius 3 is 2.59 bits per heavy atom. The van der Waals surface area contributed by atoms with Crippen molar-refractivity contribution < 1.29 is 4.79 Å². The Morgan fingerprint density at radius 1 is 0.963 bits per heavy atom. The van der Waals surface area contributed by atoms with Crippen LogP contribution in [0.2, 0.25) is 5.02 Å². The zero-order valence-corrected chi connectivity index (χ0v) is 15.1. The summed E-state index contributed by atoms with van der Waals surface area (Å²) in [6, 6.07) is 22.2. The number of H-pyrrole nitrogens is 1. The van der Waals surface area contributed by atoms with Crippen LogP contribution >= 0.6 is 11.6 Å². The number of carbonyl (C=O) groups excluding carboxylic acids is 1. The molecule has 0 spiro atoms. The fraction of sp³-hybridized carbons (Fsp3) is 0.0909. The van der Waals surface area contributed by atoms with Crippen LogP contribution in [0, 0.1) is 0 Å². The maximum Gasteiger partial charge on any atom is 0.226 e. The van der Waals surface area contributed by atoms with E-state index in [0.717, 1.165) is 27.8 Å². The van der Waals surface area contributed by atoms with Gasteiger partial charge in [0.25, 0.3) is 0 Å². The van der Waals surface area contributed by atoms with Crippen LogP contribution in [-0.2, 0) is 4.79 Å². The molecule has 132 valence electrons. The zero-order valence-electron chi connectivity index (χ0n) is 14.4. The van der Waals surface area contributed by atoms with Gasteiger partial charge in [-0.05, 0) is 28.5 Å². The smallest absolute Gasteiger partial charge is 0.226 e. The van der Waals surface area contributed by atoms with Gasteiger partial charge in [-0.2, -0.15) is 5.10 Å². The van der Waals surface area contributed by atoms with Gasteiger partial charge in [-0.15, -0.1) is 0 Å². The Hall–Kier alpha value is -3.11. The summed E-state index contributed by atoms with van der Waals surface area (Å²) in [5.41, 5.74) is 4.07. The lowest BCUT2D eigenvalue weighted by atomic mass is 9.82. The molecule has 2 heterocycles. The van der Waals surface area contributed by atoms with Gasteiger partial charge >= 0.3 is 0 Å². The van der Waals surface area contributed by atoms with Gasteiger partial charge in [0.2, 0.25) is 5.91 Å². The number of aromatic amines is 1. The fourth-order valence-electron chi connectivity index (χ4n) is 3.91. The molecule has 1 aliphatic rings. The highest BCUT2D eigenvalue weighted by Gasteiger charge is 2.32. The molecule has 1 amide bonds. The average molecular weight is 374 g/mol. The molecule has 1 aromatic heterocycles. The topological polar surface area (TPSA) is 57.8 Å². The maximum atomic E-state index is 12.4. The van der Waals surface area contributed by atoms with Crippen molar-refractivity contribution >= 4 is 34.1 Å². The molecule has 0 fully saturated rings. The number of benzene rings is 3. The highest BCUT2D eigenvalue weighted by atomic mass is 35.5. The Kier molecular flexibility index (Phi) is 3.73. The van der Waals surface area contributed by atoms with Gasteiger partial charge < -0.3 is 5.32 Å². The normalized spacial score (nSPS) is 16.2. The van der Waals surface area contributed by atoms with Gasteiger partial charge in [0.05, 0.1) is 5.69 Å². The Bertz CT molecular complexity index is 1160. The number of anilines is 1. The SMILES string of the molecule is O=C1CC(c2cccc3ccccc23)c2c(n[nH]c2-c2ccc(Cl)cc2)N1. The van der Waals surface area contributed by atoms with E-state index < -0.39 is 0 Å². The van der Waals surface area contributed by atoms with Crippen LogP contribution < -0.4 is 5.32 Å². The molecule has 4 nitrogen and oxygen atoms in total. The Balaban J connectivity index is 1.73. The minimum absolute atomic E-state index is 0.0189. The molecule has 2 N–H and O–H groups in total. The molecule has 4 aromatic rings. The average Bonchev–Trinajstić information content (AvgIpc) is 3.11. The van der Waals surface area contributed by atoms with E-state index in [1.807, 2.05) is 42.5 Å². The third kappa shape index (κ3) is 2.69. The summed E-state index contributed by atoms with van der Waals surface area (Å²) in [7, 11) is 0. The van der Waals surface area contributed by atoms with E-state index in [9.17, 15) is 4.79 Å². The van der Waals surface area contributed by atoms with E-state index in [4.69, 9.17) is 11.6 Å². The predicted molar refractivity (Wildman–Crippen MR) is 108 cm³/mol. The molecule has 3 aromatic carbocycles. The van der Waals surface area contributed by atoms with E-state index in [1.165, 1.54) is 5.39 Å². The van der Waals surface area contributed by atoms with Gasteiger partial charge in [0.1, 0.15) is 0 Å². The summed E-state index contributed by atoms with van der Waals surface area (Å²) in [4.78, 5) is 12.4. The number of rotatable bonds is 2. The Labute approximate surface area is 161 Å². The second kappa shape index (κ2) is 6.25. The maximum absolute atomic E-state index is 12.4. The third-order valence-electron chi connectivity index (χ3n) is 5.13. The molecular weight excluding hydrogens is 358 g/mol. The number of halogens is 1. The first-order valence-electron chi connectivity index (χ1n) is 8.82. The first-order chi connectivity index (χ1) is 13.2. The van der Waals surface area contributed by atoms with Gasteiger partial charge in [-0.3, -0.25) is 9.89 Å². The number of aromatic nitrogens is 2. The van der Waals surface area contributed by atoms with Crippen LogP contribution in [0.1, 0.15) is 23.5 Å². The largest absolute Gasteiger partial charge is 0.309 e. The lowest BCUT2D eigenvalue weighted by Crippen LogP contribution is -2.23. The number of fused-ring (bicyclic) bond motifs is 2. The van der Waals surface area contributed by atoms with Crippen LogP contribution in [0.3, 0.4) is 0 Å². The molecule has 1 atom stereocenters. The first kappa shape index (κ1) is 16.1. The standard InChI is InChI=1S/C22H16ClN3O/c23-15-10-8-14(9-11-15)21-20-18(12-19(27)24-22(20)26-25-21)17-7-3-5-13-4-1-2-6-16(13)17/h1-11,18H,12H2,(H2,24,25,26,27). The first-order valence-corrected chi connectivity index (χ1v) is 9.20. The van der Waals surface area contributed by atoms with Gasteiger partial charge in [-0.1, -0.05) is 66.2 Å². The molecule has 0 radical (unpaired) electrons. The molecule has 1 aliphatic heterocycles. The second-order valence-corrected chi connectivity index (χ2v) is 7.18. The van der Waals surface area contributed by atoms with Crippen molar-refractivity contribution in [1.29, 1.82) is 0 Å². The molecule has 27 heavy (non-hydrogen) atoms. The van der Waals surface area contributed by atoms with E-state index in [2.05, 4.69) is 39.8 Å². The molecule has 0 saturated heterocycles. The number of hydrogen-bond donors (Lipinski definition) is 2. The van der Waals surface area contributed by atoms with E-state index in [0.29, 0.717) is 17.3 Å². The molecule has 0 aliphatic carbocycles. The summed E-state index contributed by atoms with van der Waals surface area (Å²) >= 11 is 6.04. The third-order valence-corrected chi connectivity index (χ3v) is 5.38. The van der Waals surface area contributed by atoms with Crippen LogP contribution in [0.4, 0.5) is 5.82 Å². The minimum atomic E-state index is -0.0655. The van der Waals surface area contributed by atoms with Gasteiger partial charge in [0, 0.05) is 28.5 Å². The molecule has 5 heteroatoms. The van der Waals surface area contributed by atoms with Crippen LogP contribution in [0.15, 0.2) is 66.7 Å². The number of hydrogen-bond acceptors (Lipinski definition) is 2. The van der Waals surface area contributed by atoms with Crippen molar-refractivity contribution in [1.82, 2.24) is 10.2 Å². The molecule has 1 unspecified atom stereocenters. The van der Waals surface area contributed by atoms with Crippen molar-refractivity contribution in [2.75, 3.05) is 5.32 Å². The molecule has 0 bridgehead atoms. The Morgan fingerprint density at radius 2 is 1.74 bits per heavy atom. The summed E-state index contributed by atoms with van der Waals surface area (Å²) in [6.45, 7) is 0. The second-order valence-electron chi connectivity index (χ2n) is 6.74. The summed E-state index contributed by atoms with van der Waals surface area (Å²) in [5.74, 6) is 0.521. The number of amides is 1. The van der Waals surface area contributed by atoms with Crippen molar-refractivity contribution in [2.45, 2.75) is 12.3 Å². The highest BCUT2D eigenvalue weighted by Crippen LogP contribution is 2.43. The summed E-state index contributed by atoms with van der Waals surface area (Å²) in [5, 5.41) is 13.4. The van der Waals surface area contributed by atoms with E-state index in [1.54, 1.807) is 0 Å². The number of carbonyl (C=O) groups is 1. The van der Waals surface area contributed by atoms with Crippen LogP contribution in [-0.4, -0.2) is 16.1 Å². The van der Waals surface area contributed by atoms with E-state index >= 15 is 0 Å². The van der Waals surface area contributed by atoms with E-state index in [-0.39, 0.29) is 11.8 Å². The minimum Gasteiger partial charge on any atom is -0.309 e. The molecule has 5 rings (SSSR count). The number of nitrogens with zero attached hydrogens (tertiary/aromatic N) is 1. The predicted octanol–water partition coefficient (Wildman–Crippen LogP) is 5.36. The summed E-state index contributed by atoms with van der Waals surface area (Å²) < 4.78 is 0. The monoisotopic (exact) mass is 373 g/mol.